The fourth-order valence-electron chi connectivity index (χ4n) is 1.18. The second-order valence-electron chi connectivity index (χ2n) is 4.10. The molecule has 1 aliphatic heterocycles. The molecular formula is C12H19NP+. The zero-order chi connectivity index (χ0) is 10.8. The van der Waals surface area contributed by atoms with Crippen molar-refractivity contribution in [3.8, 4) is 11.3 Å². The third-order valence-electron chi connectivity index (χ3n) is 2.49. The SMILES string of the molecule is CCC(C)=C=C(C)N(C)C[P+]1(C)C#C1. The van der Waals surface area contributed by atoms with Crippen LogP contribution in [-0.2, 0) is 0 Å². The molecule has 0 aromatic rings. The number of rotatable bonds is 4. The van der Waals surface area contributed by atoms with Crippen LogP contribution < -0.4 is 0 Å². The van der Waals surface area contributed by atoms with E-state index in [1.807, 2.05) is 0 Å². The summed E-state index contributed by atoms with van der Waals surface area (Å²) in [5, 5.41) is 0. The van der Waals surface area contributed by atoms with Gasteiger partial charge in [0.2, 0.25) is 0 Å². The third-order valence-corrected chi connectivity index (χ3v) is 4.46. The second kappa shape index (κ2) is 4.22. The van der Waals surface area contributed by atoms with Gasteiger partial charge in [0.05, 0.1) is 12.4 Å². The summed E-state index contributed by atoms with van der Waals surface area (Å²) in [5.41, 5.74) is 12.4. The first-order chi connectivity index (χ1) is 6.47. The van der Waals surface area contributed by atoms with Crippen LogP contribution in [0.1, 0.15) is 27.2 Å². The lowest BCUT2D eigenvalue weighted by Crippen LogP contribution is -2.16. The van der Waals surface area contributed by atoms with Gasteiger partial charge in [-0.05, 0) is 25.8 Å². The Morgan fingerprint density at radius 3 is 2.36 bits per heavy atom. The molecule has 0 aromatic heterocycles. The van der Waals surface area contributed by atoms with Crippen LogP contribution in [0, 0.1) is 11.3 Å². The molecule has 2 heteroatoms. The van der Waals surface area contributed by atoms with Gasteiger partial charge < -0.3 is 4.90 Å². The maximum absolute atomic E-state index is 3.40. The summed E-state index contributed by atoms with van der Waals surface area (Å²) in [7, 11) is 1.15. The first-order valence-electron chi connectivity index (χ1n) is 5.01. The molecular weight excluding hydrogens is 189 g/mol. The van der Waals surface area contributed by atoms with Crippen LogP contribution in [0.15, 0.2) is 17.0 Å². The Morgan fingerprint density at radius 1 is 1.36 bits per heavy atom. The lowest BCUT2D eigenvalue weighted by molar-refractivity contribution is 0.491. The van der Waals surface area contributed by atoms with Gasteiger partial charge in [0.15, 0.2) is 13.5 Å². The first-order valence-corrected chi connectivity index (χ1v) is 7.43. The number of hydrogen-bond acceptors (Lipinski definition) is 1. The molecule has 14 heavy (non-hydrogen) atoms. The molecule has 0 unspecified atom stereocenters. The van der Waals surface area contributed by atoms with Crippen LogP contribution in [0.5, 0.6) is 0 Å². The monoisotopic (exact) mass is 208 g/mol. The Bertz CT molecular complexity index is 342. The largest absolute Gasteiger partial charge is 0.338 e. The first kappa shape index (κ1) is 11.4. The molecule has 0 spiro atoms. The van der Waals surface area contributed by atoms with Crippen LogP contribution in [0.4, 0.5) is 0 Å². The highest BCUT2D eigenvalue weighted by Crippen LogP contribution is 2.62. The number of nitrogens with zero attached hydrogens (tertiary/aromatic N) is 1. The minimum absolute atomic E-state index is 0.972. The Kier molecular flexibility index (Phi) is 3.43. The molecule has 1 rings (SSSR count). The van der Waals surface area contributed by atoms with Gasteiger partial charge in [-0.25, -0.2) is 0 Å². The fraction of sp³-hybridized carbons (Fsp3) is 0.583. The van der Waals surface area contributed by atoms with E-state index in [-0.39, 0.29) is 0 Å². The van der Waals surface area contributed by atoms with E-state index < -0.39 is 7.26 Å². The van der Waals surface area contributed by atoms with Crippen LogP contribution in [-0.4, -0.2) is 24.9 Å². The van der Waals surface area contributed by atoms with Crippen LogP contribution in [0.2, 0.25) is 0 Å². The van der Waals surface area contributed by atoms with E-state index in [9.17, 15) is 0 Å². The molecule has 0 saturated carbocycles. The van der Waals surface area contributed by atoms with Crippen molar-refractivity contribution in [1.82, 2.24) is 4.90 Å². The molecule has 0 aromatic carbocycles. The molecule has 1 heterocycles. The third kappa shape index (κ3) is 3.22. The van der Waals surface area contributed by atoms with Crippen molar-refractivity contribution in [3.05, 3.63) is 17.0 Å². The maximum Gasteiger partial charge on any atom is 0.193 e. The average Bonchev–Trinajstić information content (AvgIpc) is 2.82. The highest BCUT2D eigenvalue weighted by atomic mass is 31.2. The van der Waals surface area contributed by atoms with Gasteiger partial charge >= 0.3 is 0 Å². The van der Waals surface area contributed by atoms with Crippen LogP contribution in [0.25, 0.3) is 0 Å². The van der Waals surface area contributed by atoms with Gasteiger partial charge in [-0.15, -0.1) is 5.73 Å². The number of hydrogen-bond donors (Lipinski definition) is 0. The zero-order valence-corrected chi connectivity index (χ0v) is 10.7. The van der Waals surface area contributed by atoms with E-state index in [4.69, 9.17) is 0 Å². The van der Waals surface area contributed by atoms with E-state index in [0.29, 0.717) is 0 Å². The van der Waals surface area contributed by atoms with E-state index in [2.05, 4.69) is 56.4 Å². The summed E-state index contributed by atoms with van der Waals surface area (Å²) in [6, 6.07) is 0. The van der Waals surface area contributed by atoms with Gasteiger partial charge in [-0.1, -0.05) is 6.92 Å². The van der Waals surface area contributed by atoms with Crippen molar-refractivity contribution in [2.24, 2.45) is 0 Å². The quantitative estimate of drug-likeness (QED) is 0.389. The molecule has 0 saturated heterocycles. The summed E-state index contributed by atoms with van der Waals surface area (Å²) < 4.78 is 0. The Morgan fingerprint density at radius 2 is 1.93 bits per heavy atom. The van der Waals surface area contributed by atoms with Crippen molar-refractivity contribution in [3.63, 3.8) is 0 Å². The minimum atomic E-state index is -0.972. The Balaban J connectivity index is 2.60. The van der Waals surface area contributed by atoms with E-state index >= 15 is 0 Å². The summed E-state index contributed by atoms with van der Waals surface area (Å²) >= 11 is 0. The van der Waals surface area contributed by atoms with Crippen LogP contribution >= 0.6 is 7.26 Å². The standard InChI is InChI=1S/C12H19NP/c1-6-11(2)9-12(3)13(4)10-14(5)7-8-14/h6,10H2,1-5H3/q+1. The highest BCUT2D eigenvalue weighted by Gasteiger charge is 2.41. The average molecular weight is 208 g/mol. The van der Waals surface area contributed by atoms with Gasteiger partial charge in [0.1, 0.15) is 11.3 Å². The molecule has 0 radical (unpaired) electrons. The predicted molar refractivity (Wildman–Crippen MR) is 65.4 cm³/mol. The topological polar surface area (TPSA) is 3.24 Å². The lowest BCUT2D eigenvalue weighted by atomic mass is 10.2. The molecule has 0 fully saturated rings. The van der Waals surface area contributed by atoms with E-state index in [0.717, 1.165) is 12.7 Å². The van der Waals surface area contributed by atoms with Gasteiger partial charge in [0, 0.05) is 7.05 Å². The predicted octanol–water partition coefficient (Wildman–Crippen LogP) is 3.31. The van der Waals surface area contributed by atoms with Crippen LogP contribution in [0.3, 0.4) is 0 Å². The van der Waals surface area contributed by atoms with Crippen molar-refractivity contribution in [2.75, 3.05) is 20.0 Å². The summed E-state index contributed by atoms with van der Waals surface area (Å²) in [6.07, 6.45) is 2.15. The van der Waals surface area contributed by atoms with Gasteiger partial charge in [0.25, 0.3) is 0 Å². The van der Waals surface area contributed by atoms with Crippen molar-refractivity contribution in [2.45, 2.75) is 27.2 Å². The summed E-state index contributed by atoms with van der Waals surface area (Å²) in [4.78, 5) is 2.26. The normalized spacial score (nSPS) is 14.9. The second-order valence-corrected chi connectivity index (χ2v) is 7.21. The van der Waals surface area contributed by atoms with Crippen molar-refractivity contribution >= 4 is 7.26 Å². The lowest BCUT2D eigenvalue weighted by Gasteiger charge is -2.16. The fourth-order valence-corrected chi connectivity index (χ4v) is 3.06. The minimum Gasteiger partial charge on any atom is -0.338 e. The summed E-state index contributed by atoms with van der Waals surface area (Å²) in [5.74, 6) is 0. The Hall–Kier alpha value is -0.690. The maximum atomic E-state index is 3.40. The van der Waals surface area contributed by atoms with Crippen molar-refractivity contribution in [1.29, 1.82) is 0 Å². The molecule has 0 amide bonds. The molecule has 1 aliphatic rings. The molecule has 0 aliphatic carbocycles. The molecule has 1 nitrogen and oxygen atoms in total. The molecule has 0 N–H and O–H groups in total. The van der Waals surface area contributed by atoms with E-state index in [1.54, 1.807) is 0 Å². The molecule has 0 atom stereocenters. The zero-order valence-electron chi connectivity index (χ0n) is 9.81. The van der Waals surface area contributed by atoms with Crippen molar-refractivity contribution < 1.29 is 0 Å². The summed E-state index contributed by atoms with van der Waals surface area (Å²) in [6.45, 7) is 8.66. The Labute approximate surface area is 88.2 Å². The van der Waals surface area contributed by atoms with E-state index in [1.165, 1.54) is 11.3 Å². The highest BCUT2D eigenvalue weighted by molar-refractivity contribution is 7.90. The number of allylic oxidation sites excluding steroid dienone is 1. The van der Waals surface area contributed by atoms with Gasteiger partial charge in [-0.2, -0.15) is 0 Å². The molecule has 0 bridgehead atoms. The smallest absolute Gasteiger partial charge is 0.193 e. The molecule has 76 valence electrons. The van der Waals surface area contributed by atoms with Gasteiger partial charge in [-0.3, -0.25) is 0 Å².